The molecule has 2 N–H and O–H groups in total. The van der Waals surface area contributed by atoms with Gasteiger partial charge in [0.25, 0.3) is 0 Å². The van der Waals surface area contributed by atoms with Gasteiger partial charge in [0.2, 0.25) is 0 Å². The quantitative estimate of drug-likeness (QED) is 0.777. The van der Waals surface area contributed by atoms with Crippen molar-refractivity contribution >= 4 is 5.97 Å². The van der Waals surface area contributed by atoms with Crippen LogP contribution in [0.4, 0.5) is 0 Å². The molecule has 0 aliphatic carbocycles. The molecule has 0 saturated carbocycles. The van der Waals surface area contributed by atoms with Gasteiger partial charge in [-0.3, -0.25) is 4.79 Å². The van der Waals surface area contributed by atoms with Crippen LogP contribution in [-0.4, -0.2) is 43.2 Å². The fourth-order valence-electron chi connectivity index (χ4n) is 2.80. The van der Waals surface area contributed by atoms with Gasteiger partial charge in [0.15, 0.2) is 0 Å². The molecule has 0 aromatic rings. The second-order valence-corrected chi connectivity index (χ2v) is 6.44. The molecule has 1 fully saturated rings. The van der Waals surface area contributed by atoms with Gasteiger partial charge in [-0.25, -0.2) is 0 Å². The number of rotatable bonds is 5. The first-order valence-corrected chi connectivity index (χ1v) is 7.46. The summed E-state index contributed by atoms with van der Waals surface area (Å²) in [7, 11) is 1.40. The molecule has 1 rings (SSSR count). The number of nitrogens with zero attached hydrogens (tertiary/aromatic N) is 1. The van der Waals surface area contributed by atoms with Crippen molar-refractivity contribution in [1.82, 2.24) is 4.90 Å². The van der Waals surface area contributed by atoms with Crippen molar-refractivity contribution in [3.63, 3.8) is 0 Å². The third kappa shape index (κ3) is 5.11. The van der Waals surface area contributed by atoms with Crippen LogP contribution in [-0.2, 0) is 9.53 Å². The Bertz CT molecular complexity index is 290. The molecule has 4 heteroatoms. The molecule has 0 amide bonds. The SMILES string of the molecule is COC(=O)C(C)(N)CCN1CCCC(C(C)C)CC1. The second kappa shape index (κ2) is 7.25. The van der Waals surface area contributed by atoms with Gasteiger partial charge in [-0.2, -0.15) is 0 Å². The molecule has 2 atom stereocenters. The van der Waals surface area contributed by atoms with Crippen LogP contribution < -0.4 is 5.73 Å². The van der Waals surface area contributed by atoms with Crippen molar-refractivity contribution in [3.8, 4) is 0 Å². The minimum absolute atomic E-state index is 0.317. The zero-order chi connectivity index (χ0) is 14.5. The standard InChI is InChI=1S/C15H30N2O2/c1-12(2)13-6-5-9-17(10-7-13)11-8-15(3,16)14(18)19-4/h12-13H,5-11,16H2,1-4H3. The molecule has 112 valence electrons. The molecule has 0 aromatic heterocycles. The van der Waals surface area contributed by atoms with Gasteiger partial charge in [-0.15, -0.1) is 0 Å². The molecule has 0 spiro atoms. The molecule has 1 aliphatic heterocycles. The van der Waals surface area contributed by atoms with Crippen molar-refractivity contribution in [3.05, 3.63) is 0 Å². The van der Waals surface area contributed by atoms with Crippen LogP contribution in [0.2, 0.25) is 0 Å². The van der Waals surface area contributed by atoms with Crippen molar-refractivity contribution < 1.29 is 9.53 Å². The second-order valence-electron chi connectivity index (χ2n) is 6.44. The number of ether oxygens (including phenoxy) is 1. The molecule has 0 bridgehead atoms. The molecule has 1 heterocycles. The Hall–Kier alpha value is -0.610. The van der Waals surface area contributed by atoms with E-state index in [1.807, 2.05) is 0 Å². The van der Waals surface area contributed by atoms with E-state index in [0.29, 0.717) is 6.42 Å². The van der Waals surface area contributed by atoms with Crippen LogP contribution >= 0.6 is 0 Å². The summed E-state index contributed by atoms with van der Waals surface area (Å²) in [5.74, 6) is 1.30. The monoisotopic (exact) mass is 270 g/mol. The number of likely N-dealkylation sites (tertiary alicyclic amines) is 1. The van der Waals surface area contributed by atoms with E-state index in [2.05, 4.69) is 18.7 Å². The minimum Gasteiger partial charge on any atom is -0.468 e. The van der Waals surface area contributed by atoms with E-state index in [1.54, 1.807) is 6.92 Å². The number of methoxy groups -OCH3 is 1. The fraction of sp³-hybridized carbons (Fsp3) is 0.933. The minimum atomic E-state index is -0.863. The van der Waals surface area contributed by atoms with Crippen molar-refractivity contribution in [2.45, 2.75) is 52.0 Å². The summed E-state index contributed by atoms with van der Waals surface area (Å²) in [4.78, 5) is 14.0. The lowest BCUT2D eigenvalue weighted by Crippen LogP contribution is -2.48. The molecule has 1 saturated heterocycles. The summed E-state index contributed by atoms with van der Waals surface area (Å²) in [5.41, 5.74) is 5.14. The number of carbonyl (C=O) groups is 1. The van der Waals surface area contributed by atoms with Crippen LogP contribution in [0.1, 0.15) is 46.5 Å². The Labute approximate surface area is 117 Å². The van der Waals surface area contributed by atoms with Crippen molar-refractivity contribution in [2.75, 3.05) is 26.7 Å². The van der Waals surface area contributed by atoms with E-state index in [9.17, 15) is 4.79 Å². The number of esters is 1. The third-order valence-corrected chi connectivity index (χ3v) is 4.41. The lowest BCUT2D eigenvalue weighted by atomic mass is 9.89. The summed E-state index contributed by atoms with van der Waals surface area (Å²) >= 11 is 0. The lowest BCUT2D eigenvalue weighted by Gasteiger charge is -2.26. The Kier molecular flexibility index (Phi) is 6.27. The highest BCUT2D eigenvalue weighted by molar-refractivity contribution is 5.79. The van der Waals surface area contributed by atoms with Gasteiger partial charge >= 0.3 is 5.97 Å². The van der Waals surface area contributed by atoms with Gasteiger partial charge in [0.1, 0.15) is 5.54 Å². The summed E-state index contributed by atoms with van der Waals surface area (Å²) in [6.07, 6.45) is 4.50. The zero-order valence-corrected chi connectivity index (χ0v) is 12.9. The Morgan fingerprint density at radius 1 is 1.42 bits per heavy atom. The maximum Gasteiger partial charge on any atom is 0.325 e. The Morgan fingerprint density at radius 3 is 2.68 bits per heavy atom. The van der Waals surface area contributed by atoms with Gasteiger partial charge < -0.3 is 15.4 Å². The van der Waals surface area contributed by atoms with Gasteiger partial charge in [-0.05, 0) is 57.5 Å². The number of hydrogen-bond acceptors (Lipinski definition) is 4. The van der Waals surface area contributed by atoms with Crippen molar-refractivity contribution in [2.24, 2.45) is 17.6 Å². The van der Waals surface area contributed by atoms with Gasteiger partial charge in [0.05, 0.1) is 7.11 Å². The summed E-state index contributed by atoms with van der Waals surface area (Å²) in [6.45, 7) is 9.52. The van der Waals surface area contributed by atoms with Crippen LogP contribution in [0.15, 0.2) is 0 Å². The molecular formula is C15H30N2O2. The summed E-state index contributed by atoms with van der Waals surface area (Å²) < 4.78 is 4.75. The zero-order valence-electron chi connectivity index (χ0n) is 12.9. The molecular weight excluding hydrogens is 240 g/mol. The van der Waals surface area contributed by atoms with E-state index in [4.69, 9.17) is 10.5 Å². The van der Waals surface area contributed by atoms with E-state index >= 15 is 0 Å². The number of nitrogens with two attached hydrogens (primary N) is 1. The van der Waals surface area contributed by atoms with E-state index in [0.717, 1.165) is 31.5 Å². The Morgan fingerprint density at radius 2 is 2.11 bits per heavy atom. The van der Waals surface area contributed by atoms with Crippen LogP contribution in [0.5, 0.6) is 0 Å². The van der Waals surface area contributed by atoms with E-state index < -0.39 is 5.54 Å². The normalized spacial score (nSPS) is 24.8. The van der Waals surface area contributed by atoms with E-state index in [-0.39, 0.29) is 5.97 Å². The average Bonchev–Trinajstić information content (AvgIpc) is 2.60. The topological polar surface area (TPSA) is 55.6 Å². The highest BCUT2D eigenvalue weighted by Gasteiger charge is 2.30. The highest BCUT2D eigenvalue weighted by atomic mass is 16.5. The van der Waals surface area contributed by atoms with Crippen LogP contribution in [0.25, 0.3) is 0 Å². The average molecular weight is 270 g/mol. The van der Waals surface area contributed by atoms with Crippen LogP contribution in [0.3, 0.4) is 0 Å². The Balaban J connectivity index is 2.40. The number of hydrogen-bond donors (Lipinski definition) is 1. The molecule has 2 unspecified atom stereocenters. The molecule has 4 nitrogen and oxygen atoms in total. The summed E-state index contributed by atoms with van der Waals surface area (Å²) in [5, 5.41) is 0. The van der Waals surface area contributed by atoms with Crippen LogP contribution in [0, 0.1) is 11.8 Å². The predicted octanol–water partition coefficient (Wildman–Crippen LogP) is 2.02. The van der Waals surface area contributed by atoms with Crippen molar-refractivity contribution in [1.29, 1.82) is 0 Å². The fourth-order valence-corrected chi connectivity index (χ4v) is 2.80. The third-order valence-electron chi connectivity index (χ3n) is 4.41. The molecule has 0 aromatic carbocycles. The van der Waals surface area contributed by atoms with E-state index in [1.165, 1.54) is 26.4 Å². The smallest absolute Gasteiger partial charge is 0.325 e. The van der Waals surface area contributed by atoms with Gasteiger partial charge in [0, 0.05) is 6.54 Å². The first-order valence-electron chi connectivity index (χ1n) is 7.46. The largest absolute Gasteiger partial charge is 0.468 e. The lowest BCUT2D eigenvalue weighted by molar-refractivity contribution is -0.146. The first-order chi connectivity index (χ1) is 8.86. The molecule has 0 radical (unpaired) electrons. The van der Waals surface area contributed by atoms with Gasteiger partial charge in [-0.1, -0.05) is 13.8 Å². The highest BCUT2D eigenvalue weighted by Crippen LogP contribution is 2.24. The maximum atomic E-state index is 11.5. The first kappa shape index (κ1) is 16.4. The molecule has 19 heavy (non-hydrogen) atoms. The maximum absolute atomic E-state index is 11.5. The summed E-state index contributed by atoms with van der Waals surface area (Å²) in [6, 6.07) is 0. The number of carbonyl (C=O) groups excluding carboxylic acids is 1. The molecule has 1 aliphatic rings. The predicted molar refractivity (Wildman–Crippen MR) is 77.8 cm³/mol.